The van der Waals surface area contributed by atoms with Crippen molar-refractivity contribution in [1.29, 1.82) is 0 Å². The van der Waals surface area contributed by atoms with Crippen molar-refractivity contribution in [3.63, 3.8) is 0 Å². The fourth-order valence-corrected chi connectivity index (χ4v) is 2.28. The zero-order valence-corrected chi connectivity index (χ0v) is 8.75. The molecule has 0 unspecified atom stereocenters. The number of para-hydroxylation sites is 1. The van der Waals surface area contributed by atoms with Crippen LogP contribution in [0.5, 0.6) is 0 Å². The van der Waals surface area contributed by atoms with E-state index >= 15 is 0 Å². The molecule has 1 saturated carbocycles. The summed E-state index contributed by atoms with van der Waals surface area (Å²) in [4.78, 5) is 11.4. The topological polar surface area (TPSA) is 29.1 Å². The number of amides is 1. The third-order valence-corrected chi connectivity index (χ3v) is 3.33. The molecule has 1 heterocycles. The minimum absolute atomic E-state index is 0.172. The number of aryl methyl sites for hydroxylation is 1. The van der Waals surface area contributed by atoms with Gasteiger partial charge in [0.15, 0.2) is 0 Å². The number of fused-ring (bicyclic) bond motifs is 1. The van der Waals surface area contributed by atoms with Crippen molar-refractivity contribution < 1.29 is 4.79 Å². The summed E-state index contributed by atoms with van der Waals surface area (Å²) >= 11 is 0. The number of benzene rings is 1. The van der Waals surface area contributed by atoms with Gasteiger partial charge in [-0.2, -0.15) is 0 Å². The van der Waals surface area contributed by atoms with Crippen LogP contribution in [0.3, 0.4) is 0 Å². The molecule has 2 nitrogen and oxygen atoms in total. The minimum Gasteiger partial charge on any atom is -0.326 e. The van der Waals surface area contributed by atoms with Gasteiger partial charge in [0.05, 0.1) is 0 Å². The van der Waals surface area contributed by atoms with E-state index in [1.807, 2.05) is 0 Å². The van der Waals surface area contributed by atoms with Gasteiger partial charge < -0.3 is 5.32 Å². The van der Waals surface area contributed by atoms with E-state index in [1.54, 1.807) is 0 Å². The molecular formula is C13H15NO. The highest BCUT2D eigenvalue weighted by atomic mass is 16.1. The normalized spacial score (nSPS) is 19.6. The van der Waals surface area contributed by atoms with Gasteiger partial charge in [-0.15, -0.1) is 0 Å². The molecule has 1 N–H and O–H groups in total. The Hall–Kier alpha value is -1.31. The Morgan fingerprint density at radius 3 is 2.93 bits per heavy atom. The highest BCUT2D eigenvalue weighted by Gasteiger charge is 2.24. The van der Waals surface area contributed by atoms with Gasteiger partial charge in [-0.1, -0.05) is 18.2 Å². The third kappa shape index (κ3) is 1.76. The largest absolute Gasteiger partial charge is 0.326 e. The van der Waals surface area contributed by atoms with Crippen molar-refractivity contribution in [2.45, 2.75) is 32.1 Å². The summed E-state index contributed by atoms with van der Waals surface area (Å²) in [6.45, 7) is 0. The van der Waals surface area contributed by atoms with Crippen LogP contribution in [0.4, 0.5) is 5.69 Å². The molecule has 2 heteroatoms. The Morgan fingerprint density at radius 1 is 1.27 bits per heavy atom. The van der Waals surface area contributed by atoms with E-state index in [1.165, 1.54) is 24.0 Å². The van der Waals surface area contributed by atoms with Crippen molar-refractivity contribution in [1.82, 2.24) is 0 Å². The Bertz CT molecular complexity index is 407. The van der Waals surface area contributed by atoms with Gasteiger partial charge in [-0.25, -0.2) is 0 Å². The number of carbonyl (C=O) groups excluding carboxylic acids is 1. The molecule has 2 aliphatic rings. The third-order valence-electron chi connectivity index (χ3n) is 3.33. The highest BCUT2D eigenvalue weighted by Crippen LogP contribution is 2.36. The number of carbonyl (C=O) groups is 1. The van der Waals surface area contributed by atoms with Crippen molar-refractivity contribution in [3.8, 4) is 0 Å². The van der Waals surface area contributed by atoms with E-state index in [9.17, 15) is 4.79 Å². The lowest BCUT2D eigenvalue weighted by molar-refractivity contribution is -0.116. The molecule has 3 rings (SSSR count). The molecule has 0 saturated heterocycles. The second kappa shape index (κ2) is 3.37. The summed E-state index contributed by atoms with van der Waals surface area (Å²) in [6, 6.07) is 6.40. The van der Waals surface area contributed by atoms with Crippen LogP contribution < -0.4 is 5.32 Å². The zero-order valence-electron chi connectivity index (χ0n) is 8.75. The number of hydrogen-bond donors (Lipinski definition) is 1. The molecule has 1 aliphatic heterocycles. The fourth-order valence-electron chi connectivity index (χ4n) is 2.28. The lowest BCUT2D eigenvalue weighted by Crippen LogP contribution is -2.20. The Morgan fingerprint density at radius 2 is 2.13 bits per heavy atom. The van der Waals surface area contributed by atoms with E-state index in [0.717, 1.165) is 24.4 Å². The van der Waals surface area contributed by atoms with Crippen LogP contribution in [0.2, 0.25) is 0 Å². The second-order valence-electron chi connectivity index (χ2n) is 4.65. The number of anilines is 1. The summed E-state index contributed by atoms with van der Waals surface area (Å²) < 4.78 is 0. The maximum Gasteiger partial charge on any atom is 0.224 e. The summed E-state index contributed by atoms with van der Waals surface area (Å²) in [5.41, 5.74) is 3.76. The van der Waals surface area contributed by atoms with Crippen LogP contribution >= 0.6 is 0 Å². The SMILES string of the molecule is O=C1CCc2cccc(CC3CC3)c2N1. The molecule has 1 aliphatic carbocycles. The summed E-state index contributed by atoms with van der Waals surface area (Å²) in [7, 11) is 0. The molecule has 1 aromatic carbocycles. The van der Waals surface area contributed by atoms with E-state index in [4.69, 9.17) is 0 Å². The molecule has 1 aromatic rings. The van der Waals surface area contributed by atoms with Crippen LogP contribution in [0.15, 0.2) is 18.2 Å². The van der Waals surface area contributed by atoms with Crippen LogP contribution in [-0.2, 0) is 17.6 Å². The Labute approximate surface area is 89.7 Å². The zero-order chi connectivity index (χ0) is 10.3. The van der Waals surface area contributed by atoms with Crippen molar-refractivity contribution in [2.24, 2.45) is 5.92 Å². The van der Waals surface area contributed by atoms with Crippen molar-refractivity contribution >= 4 is 11.6 Å². The molecular weight excluding hydrogens is 186 g/mol. The number of hydrogen-bond acceptors (Lipinski definition) is 1. The average Bonchev–Trinajstić information content (AvgIpc) is 3.03. The lowest BCUT2D eigenvalue weighted by atomic mass is 9.96. The van der Waals surface area contributed by atoms with E-state index in [0.29, 0.717) is 6.42 Å². The maximum atomic E-state index is 11.4. The monoisotopic (exact) mass is 201 g/mol. The molecule has 1 fully saturated rings. The Kier molecular flexibility index (Phi) is 2.01. The predicted octanol–water partition coefficient (Wildman–Crippen LogP) is 2.52. The van der Waals surface area contributed by atoms with Gasteiger partial charge in [0.25, 0.3) is 0 Å². The van der Waals surface area contributed by atoms with Gasteiger partial charge in [0.2, 0.25) is 5.91 Å². The number of nitrogens with one attached hydrogen (secondary N) is 1. The van der Waals surface area contributed by atoms with Crippen molar-refractivity contribution in [3.05, 3.63) is 29.3 Å². The van der Waals surface area contributed by atoms with E-state index < -0.39 is 0 Å². The van der Waals surface area contributed by atoms with Crippen LogP contribution in [0.25, 0.3) is 0 Å². The molecule has 78 valence electrons. The average molecular weight is 201 g/mol. The standard InChI is InChI=1S/C13H15NO/c15-12-7-6-10-2-1-3-11(13(10)14-12)8-9-4-5-9/h1-3,9H,4-8H2,(H,14,15). The quantitative estimate of drug-likeness (QED) is 0.782. The molecule has 0 radical (unpaired) electrons. The van der Waals surface area contributed by atoms with Crippen molar-refractivity contribution in [2.75, 3.05) is 5.32 Å². The smallest absolute Gasteiger partial charge is 0.224 e. The Balaban J connectivity index is 1.95. The molecule has 0 bridgehead atoms. The van der Waals surface area contributed by atoms with Gasteiger partial charge in [-0.3, -0.25) is 4.79 Å². The second-order valence-corrected chi connectivity index (χ2v) is 4.65. The van der Waals surface area contributed by atoms with Crippen LogP contribution in [0, 0.1) is 5.92 Å². The molecule has 0 spiro atoms. The van der Waals surface area contributed by atoms with Crippen LogP contribution in [0.1, 0.15) is 30.4 Å². The summed E-state index contributed by atoms with van der Waals surface area (Å²) in [6.07, 6.45) is 5.40. The first-order valence-corrected chi connectivity index (χ1v) is 5.73. The van der Waals surface area contributed by atoms with Crippen LogP contribution in [-0.4, -0.2) is 5.91 Å². The van der Waals surface area contributed by atoms with E-state index in [2.05, 4.69) is 23.5 Å². The van der Waals surface area contributed by atoms with Gasteiger partial charge in [0, 0.05) is 12.1 Å². The maximum absolute atomic E-state index is 11.4. The van der Waals surface area contributed by atoms with Gasteiger partial charge in [-0.05, 0) is 42.7 Å². The molecule has 0 atom stereocenters. The number of rotatable bonds is 2. The van der Waals surface area contributed by atoms with E-state index in [-0.39, 0.29) is 5.91 Å². The lowest BCUT2D eigenvalue weighted by Gasteiger charge is -2.20. The summed E-state index contributed by atoms with van der Waals surface area (Å²) in [5, 5.41) is 3.02. The highest BCUT2D eigenvalue weighted by molar-refractivity contribution is 5.94. The molecule has 15 heavy (non-hydrogen) atoms. The molecule has 1 amide bonds. The minimum atomic E-state index is 0.172. The first kappa shape index (κ1) is 8.96. The summed E-state index contributed by atoms with van der Waals surface area (Å²) in [5.74, 6) is 1.04. The van der Waals surface area contributed by atoms with Gasteiger partial charge in [0.1, 0.15) is 0 Å². The molecule has 0 aromatic heterocycles. The fraction of sp³-hybridized carbons (Fsp3) is 0.462. The first-order valence-electron chi connectivity index (χ1n) is 5.73. The van der Waals surface area contributed by atoms with Gasteiger partial charge >= 0.3 is 0 Å². The predicted molar refractivity (Wildman–Crippen MR) is 59.8 cm³/mol. The first-order chi connectivity index (χ1) is 7.33.